The van der Waals surface area contributed by atoms with Crippen LogP contribution in [0.3, 0.4) is 0 Å². The summed E-state index contributed by atoms with van der Waals surface area (Å²) in [5.74, 6) is 0.940. The highest BCUT2D eigenvalue weighted by Crippen LogP contribution is 2.25. The number of rotatable bonds is 2. The fourth-order valence-corrected chi connectivity index (χ4v) is 2.03. The first-order valence-electron chi connectivity index (χ1n) is 6.38. The molecule has 0 atom stereocenters. The molecule has 4 nitrogen and oxygen atoms in total. The van der Waals surface area contributed by atoms with Crippen molar-refractivity contribution in [2.45, 2.75) is 0 Å². The lowest BCUT2D eigenvalue weighted by molar-refractivity contribution is 0.459. The van der Waals surface area contributed by atoms with Crippen LogP contribution in [-0.4, -0.2) is 15.3 Å². The Morgan fingerprint density at radius 1 is 0.762 bits per heavy atom. The van der Waals surface area contributed by atoms with Crippen molar-refractivity contribution in [3.63, 3.8) is 0 Å². The van der Waals surface area contributed by atoms with E-state index >= 15 is 0 Å². The predicted octanol–water partition coefficient (Wildman–Crippen LogP) is 4.00. The molecule has 0 aliphatic rings. The van der Waals surface area contributed by atoms with Gasteiger partial charge in [-0.1, -0.05) is 0 Å². The van der Waals surface area contributed by atoms with Crippen LogP contribution in [0, 0.1) is 0 Å². The summed E-state index contributed by atoms with van der Waals surface area (Å²) in [6.45, 7) is 0. The Bertz CT molecular complexity index is 837. The van der Waals surface area contributed by atoms with Crippen LogP contribution in [0.1, 0.15) is 11.3 Å². The fraction of sp³-hybridized carbons (Fsp3) is 0. The highest BCUT2D eigenvalue weighted by molar-refractivity contribution is 5.80. The standard InChI is InChI=1S/C17H12O4/c18-13-3-7-16(20)11(9-13)1-5-15-6-2-12-10-14(19)4-8-17(12)21-15/h1-10H,(H2-,18,19,20)/p+1. The minimum Gasteiger partial charge on any atom is -0.508 e. The van der Waals surface area contributed by atoms with Gasteiger partial charge in [0, 0.05) is 23.8 Å². The first kappa shape index (κ1) is 13.0. The maximum Gasteiger partial charge on any atom is 0.361 e. The second-order valence-electron chi connectivity index (χ2n) is 4.64. The van der Waals surface area contributed by atoms with E-state index in [-0.39, 0.29) is 17.2 Å². The average molecular weight is 281 g/mol. The summed E-state index contributed by atoms with van der Waals surface area (Å²) in [6.07, 6.45) is 3.35. The van der Waals surface area contributed by atoms with Crippen molar-refractivity contribution in [2.75, 3.05) is 0 Å². The zero-order chi connectivity index (χ0) is 14.8. The number of phenols is 3. The van der Waals surface area contributed by atoms with Crippen molar-refractivity contribution in [3.8, 4) is 17.2 Å². The Labute approximate surface area is 120 Å². The number of hydrogen-bond acceptors (Lipinski definition) is 3. The second-order valence-corrected chi connectivity index (χ2v) is 4.64. The molecule has 2 aromatic carbocycles. The van der Waals surface area contributed by atoms with Crippen LogP contribution in [-0.2, 0) is 0 Å². The predicted molar refractivity (Wildman–Crippen MR) is 81.0 cm³/mol. The largest absolute Gasteiger partial charge is 0.508 e. The number of hydrogen-bond donors (Lipinski definition) is 3. The van der Waals surface area contributed by atoms with Crippen molar-refractivity contribution in [1.82, 2.24) is 0 Å². The molecule has 21 heavy (non-hydrogen) atoms. The first-order chi connectivity index (χ1) is 10.1. The van der Waals surface area contributed by atoms with Crippen molar-refractivity contribution in [2.24, 2.45) is 0 Å². The molecule has 3 N–H and O–H groups in total. The molecular formula is C17H13O4+. The van der Waals surface area contributed by atoms with E-state index in [2.05, 4.69) is 0 Å². The third-order valence-corrected chi connectivity index (χ3v) is 3.09. The molecule has 1 aromatic heterocycles. The van der Waals surface area contributed by atoms with Gasteiger partial charge in [0.1, 0.15) is 17.2 Å². The lowest BCUT2D eigenvalue weighted by atomic mass is 10.1. The molecule has 0 bridgehead atoms. The minimum atomic E-state index is 0.0785. The quantitative estimate of drug-likeness (QED) is 0.490. The van der Waals surface area contributed by atoms with E-state index in [0.717, 1.165) is 5.39 Å². The molecule has 0 fully saturated rings. The maximum absolute atomic E-state index is 9.69. The normalized spacial score (nSPS) is 11.2. The minimum absolute atomic E-state index is 0.0785. The molecule has 0 saturated carbocycles. The SMILES string of the molecule is Oc1ccc(O)c(C=Cc2ccc3cc(O)ccc3[o+]2)c1. The third kappa shape index (κ3) is 2.79. The molecule has 0 aliphatic heterocycles. The van der Waals surface area contributed by atoms with Crippen LogP contribution >= 0.6 is 0 Å². The Morgan fingerprint density at radius 2 is 1.52 bits per heavy atom. The zero-order valence-electron chi connectivity index (χ0n) is 11.0. The van der Waals surface area contributed by atoms with Crippen molar-refractivity contribution in [3.05, 3.63) is 59.9 Å². The summed E-state index contributed by atoms with van der Waals surface area (Å²) in [5, 5.41) is 29.3. The number of phenolic OH excluding ortho intramolecular Hbond substituents is 3. The van der Waals surface area contributed by atoms with E-state index in [1.807, 2.05) is 6.07 Å². The molecule has 0 spiro atoms. The van der Waals surface area contributed by atoms with Gasteiger partial charge < -0.3 is 15.3 Å². The number of fused-ring (bicyclic) bond motifs is 1. The monoisotopic (exact) mass is 281 g/mol. The Balaban J connectivity index is 1.95. The van der Waals surface area contributed by atoms with Crippen LogP contribution in [0.5, 0.6) is 17.2 Å². The summed E-state index contributed by atoms with van der Waals surface area (Å²) in [6, 6.07) is 12.8. The van der Waals surface area contributed by atoms with Gasteiger partial charge in [-0.05, 0) is 42.5 Å². The summed E-state index contributed by atoms with van der Waals surface area (Å²) >= 11 is 0. The molecule has 104 valence electrons. The molecule has 0 amide bonds. The summed E-state index contributed by atoms with van der Waals surface area (Å²) in [7, 11) is 0. The van der Waals surface area contributed by atoms with Crippen LogP contribution in [0.25, 0.3) is 23.1 Å². The van der Waals surface area contributed by atoms with E-state index in [1.165, 1.54) is 18.2 Å². The van der Waals surface area contributed by atoms with Crippen molar-refractivity contribution >= 4 is 23.1 Å². The fourth-order valence-electron chi connectivity index (χ4n) is 2.03. The zero-order valence-corrected chi connectivity index (χ0v) is 11.0. The van der Waals surface area contributed by atoms with Crippen LogP contribution < -0.4 is 0 Å². The molecule has 4 heteroatoms. The van der Waals surface area contributed by atoms with Gasteiger partial charge in [-0.3, -0.25) is 0 Å². The van der Waals surface area contributed by atoms with Gasteiger partial charge >= 0.3 is 11.3 Å². The third-order valence-electron chi connectivity index (χ3n) is 3.09. The van der Waals surface area contributed by atoms with Gasteiger partial charge in [0.15, 0.2) is 0 Å². The lowest BCUT2D eigenvalue weighted by Gasteiger charge is -1.98. The van der Waals surface area contributed by atoms with E-state index in [9.17, 15) is 15.3 Å². The topological polar surface area (TPSA) is 72.0 Å². The van der Waals surface area contributed by atoms with Crippen molar-refractivity contribution in [1.29, 1.82) is 0 Å². The highest BCUT2D eigenvalue weighted by Gasteiger charge is 2.10. The van der Waals surface area contributed by atoms with E-state index in [4.69, 9.17) is 4.42 Å². The Morgan fingerprint density at radius 3 is 2.38 bits per heavy atom. The first-order valence-corrected chi connectivity index (χ1v) is 6.38. The molecular weight excluding hydrogens is 268 g/mol. The van der Waals surface area contributed by atoms with E-state index in [0.29, 0.717) is 16.9 Å². The molecule has 1 heterocycles. The lowest BCUT2D eigenvalue weighted by Crippen LogP contribution is -1.77. The van der Waals surface area contributed by atoms with Gasteiger partial charge in [-0.15, -0.1) is 0 Å². The van der Waals surface area contributed by atoms with Crippen LogP contribution in [0.15, 0.2) is 52.9 Å². The summed E-state index contributed by atoms with van der Waals surface area (Å²) < 4.78 is 5.67. The highest BCUT2D eigenvalue weighted by atomic mass is 16.3. The van der Waals surface area contributed by atoms with Crippen LogP contribution in [0.4, 0.5) is 0 Å². The Kier molecular flexibility index (Phi) is 3.20. The smallest absolute Gasteiger partial charge is 0.361 e. The number of aromatic hydroxyl groups is 3. The van der Waals surface area contributed by atoms with Gasteiger partial charge in [-0.2, -0.15) is 0 Å². The second kappa shape index (κ2) is 5.17. The Hall–Kier alpha value is -3.01. The van der Waals surface area contributed by atoms with Gasteiger partial charge in [0.05, 0.1) is 5.39 Å². The van der Waals surface area contributed by atoms with E-state index in [1.54, 1.807) is 36.4 Å². The molecule has 3 rings (SSSR count). The van der Waals surface area contributed by atoms with Gasteiger partial charge in [0.25, 0.3) is 0 Å². The van der Waals surface area contributed by atoms with E-state index < -0.39 is 0 Å². The molecule has 0 aliphatic carbocycles. The van der Waals surface area contributed by atoms with Crippen LogP contribution in [0.2, 0.25) is 0 Å². The van der Waals surface area contributed by atoms with Gasteiger partial charge in [0.2, 0.25) is 0 Å². The molecule has 3 aromatic rings. The maximum atomic E-state index is 9.69. The number of benzene rings is 2. The van der Waals surface area contributed by atoms with Crippen molar-refractivity contribution < 1.29 is 19.7 Å². The summed E-state index contributed by atoms with van der Waals surface area (Å²) in [4.78, 5) is 0. The molecule has 0 unspecified atom stereocenters. The summed E-state index contributed by atoms with van der Waals surface area (Å²) in [5.41, 5.74) is 1.14. The average Bonchev–Trinajstić information content (AvgIpc) is 2.48. The van der Waals surface area contributed by atoms with Gasteiger partial charge in [-0.25, -0.2) is 4.42 Å². The molecule has 0 radical (unpaired) electrons. The molecule has 0 saturated heterocycles.